The molecule has 76 valence electrons. The van der Waals surface area contributed by atoms with Gasteiger partial charge in [0, 0.05) is 19.2 Å². The van der Waals surface area contributed by atoms with Crippen LogP contribution in [0.1, 0.15) is 12.6 Å². The van der Waals surface area contributed by atoms with Crippen LogP contribution in [0, 0.1) is 0 Å². The van der Waals surface area contributed by atoms with Gasteiger partial charge in [-0.15, -0.1) is 0 Å². The summed E-state index contributed by atoms with van der Waals surface area (Å²) in [6.07, 6.45) is 2.88. The van der Waals surface area contributed by atoms with Gasteiger partial charge in [0.1, 0.15) is 5.15 Å². The number of hydrogen-bond acceptors (Lipinski definition) is 3. The molecule has 4 nitrogen and oxygen atoms in total. The van der Waals surface area contributed by atoms with Gasteiger partial charge in [-0.2, -0.15) is 5.10 Å². The van der Waals surface area contributed by atoms with Crippen molar-refractivity contribution in [3.8, 4) is 0 Å². The molecule has 0 saturated carbocycles. The van der Waals surface area contributed by atoms with E-state index in [0.717, 1.165) is 0 Å². The van der Waals surface area contributed by atoms with Crippen molar-refractivity contribution in [2.45, 2.75) is 6.92 Å². The molecule has 1 aromatic heterocycles. The fraction of sp³-hybridized carbons (Fsp3) is 0.333. The van der Waals surface area contributed by atoms with Crippen LogP contribution in [0.5, 0.6) is 0 Å². The van der Waals surface area contributed by atoms with Gasteiger partial charge in [0.05, 0.1) is 12.3 Å². The molecule has 5 heteroatoms. The Balaban J connectivity index is 2.64. The first kappa shape index (κ1) is 10.8. The van der Waals surface area contributed by atoms with Gasteiger partial charge in [-0.05, 0) is 13.0 Å². The van der Waals surface area contributed by atoms with E-state index >= 15 is 0 Å². The lowest BCUT2D eigenvalue weighted by molar-refractivity contribution is -0.137. The van der Waals surface area contributed by atoms with Gasteiger partial charge in [-0.25, -0.2) is 4.79 Å². The van der Waals surface area contributed by atoms with Crippen LogP contribution in [0.25, 0.3) is 6.08 Å². The van der Waals surface area contributed by atoms with Crippen LogP contribution in [-0.4, -0.2) is 22.4 Å². The van der Waals surface area contributed by atoms with E-state index in [4.69, 9.17) is 16.3 Å². The second-order valence-electron chi connectivity index (χ2n) is 2.60. The van der Waals surface area contributed by atoms with E-state index in [2.05, 4.69) is 5.10 Å². The lowest BCUT2D eigenvalue weighted by Gasteiger charge is -1.92. The molecule has 0 aliphatic heterocycles. The van der Waals surface area contributed by atoms with E-state index in [9.17, 15) is 4.79 Å². The molecule has 1 heterocycles. The molecule has 1 rings (SSSR count). The molecule has 0 saturated heterocycles. The van der Waals surface area contributed by atoms with E-state index in [0.29, 0.717) is 17.5 Å². The minimum absolute atomic E-state index is 0.367. The van der Waals surface area contributed by atoms with Crippen molar-refractivity contribution in [3.05, 3.63) is 23.0 Å². The summed E-state index contributed by atoms with van der Waals surface area (Å²) in [6.45, 7) is 2.12. The fourth-order valence-electron chi connectivity index (χ4n) is 0.891. The number of hydrogen-bond donors (Lipinski definition) is 0. The van der Waals surface area contributed by atoms with Crippen LogP contribution in [0.15, 0.2) is 12.1 Å². The number of carbonyl (C=O) groups excluding carboxylic acids is 1. The Kier molecular flexibility index (Phi) is 3.71. The first-order valence-corrected chi connectivity index (χ1v) is 4.55. The number of aryl methyl sites for hydroxylation is 1. The summed E-state index contributed by atoms with van der Waals surface area (Å²) in [6, 6.07) is 1.66. The number of ether oxygens (including phenoxy) is 1. The van der Waals surface area contributed by atoms with Crippen LogP contribution in [-0.2, 0) is 16.6 Å². The highest BCUT2D eigenvalue weighted by molar-refractivity contribution is 6.29. The molecule has 0 unspecified atom stereocenters. The van der Waals surface area contributed by atoms with Crippen LogP contribution in [0.4, 0.5) is 0 Å². The molecule has 1 aromatic rings. The third-order valence-corrected chi connectivity index (χ3v) is 1.87. The Morgan fingerprint density at radius 1 is 1.79 bits per heavy atom. The summed E-state index contributed by atoms with van der Waals surface area (Å²) >= 11 is 5.76. The van der Waals surface area contributed by atoms with Crippen molar-refractivity contribution in [3.63, 3.8) is 0 Å². The molecule has 0 spiro atoms. The average molecular weight is 215 g/mol. The van der Waals surface area contributed by atoms with Crippen LogP contribution in [0.2, 0.25) is 5.15 Å². The lowest BCUT2D eigenvalue weighted by atomic mass is 10.4. The highest BCUT2D eigenvalue weighted by atomic mass is 35.5. The Morgan fingerprint density at radius 3 is 3.00 bits per heavy atom. The Labute approximate surface area is 87.1 Å². The quantitative estimate of drug-likeness (QED) is 0.568. The molecule has 0 aromatic carbocycles. The Bertz CT molecular complexity index is 338. The van der Waals surface area contributed by atoms with E-state index in [1.807, 2.05) is 0 Å². The van der Waals surface area contributed by atoms with E-state index < -0.39 is 0 Å². The second-order valence-corrected chi connectivity index (χ2v) is 2.99. The smallest absolute Gasteiger partial charge is 0.330 e. The molecule has 0 radical (unpaired) electrons. The molecule has 0 N–H and O–H groups in total. The number of esters is 1. The Morgan fingerprint density at radius 2 is 2.50 bits per heavy atom. The molecule has 0 aliphatic carbocycles. The first-order valence-electron chi connectivity index (χ1n) is 4.18. The SMILES string of the molecule is CCOC(=O)/C=C/c1cc(Cl)n(C)n1. The second kappa shape index (κ2) is 4.81. The van der Waals surface area contributed by atoms with Gasteiger partial charge in [-0.3, -0.25) is 4.68 Å². The highest BCUT2D eigenvalue weighted by Gasteiger charge is 2.00. The lowest BCUT2D eigenvalue weighted by Crippen LogP contribution is -1.98. The number of nitrogens with zero attached hydrogens (tertiary/aromatic N) is 2. The van der Waals surface area contributed by atoms with E-state index in [1.54, 1.807) is 26.1 Å². The minimum atomic E-state index is -0.380. The topological polar surface area (TPSA) is 44.1 Å². The predicted octanol–water partition coefficient (Wildman–Crippen LogP) is 1.65. The maximum atomic E-state index is 10.9. The summed E-state index contributed by atoms with van der Waals surface area (Å²) in [4.78, 5) is 10.9. The van der Waals surface area contributed by atoms with E-state index in [-0.39, 0.29) is 5.97 Å². The molecular formula is C9H11ClN2O2. The van der Waals surface area contributed by atoms with Crippen molar-refractivity contribution >= 4 is 23.6 Å². The van der Waals surface area contributed by atoms with Crippen molar-refractivity contribution in [2.24, 2.45) is 7.05 Å². The van der Waals surface area contributed by atoms with Gasteiger partial charge >= 0.3 is 5.97 Å². The maximum Gasteiger partial charge on any atom is 0.330 e. The minimum Gasteiger partial charge on any atom is -0.463 e. The predicted molar refractivity (Wildman–Crippen MR) is 53.9 cm³/mol. The van der Waals surface area contributed by atoms with Crippen molar-refractivity contribution < 1.29 is 9.53 Å². The van der Waals surface area contributed by atoms with Gasteiger partial charge in [-0.1, -0.05) is 11.6 Å². The zero-order chi connectivity index (χ0) is 10.6. The number of rotatable bonds is 3. The maximum absolute atomic E-state index is 10.9. The van der Waals surface area contributed by atoms with Gasteiger partial charge < -0.3 is 4.74 Å². The van der Waals surface area contributed by atoms with Gasteiger partial charge in [0.2, 0.25) is 0 Å². The normalized spacial score (nSPS) is 10.8. The first-order chi connectivity index (χ1) is 6.63. The van der Waals surface area contributed by atoms with E-state index in [1.165, 1.54) is 10.8 Å². The van der Waals surface area contributed by atoms with Crippen molar-refractivity contribution in [1.82, 2.24) is 9.78 Å². The molecular weight excluding hydrogens is 204 g/mol. The summed E-state index contributed by atoms with van der Waals surface area (Å²) in [5, 5.41) is 4.55. The number of halogens is 1. The van der Waals surface area contributed by atoms with Gasteiger partial charge in [0.25, 0.3) is 0 Å². The van der Waals surface area contributed by atoms with Crippen molar-refractivity contribution in [2.75, 3.05) is 6.61 Å². The van der Waals surface area contributed by atoms with Crippen LogP contribution < -0.4 is 0 Å². The average Bonchev–Trinajstić information content (AvgIpc) is 2.44. The van der Waals surface area contributed by atoms with Gasteiger partial charge in [0.15, 0.2) is 0 Å². The molecule has 0 atom stereocenters. The van der Waals surface area contributed by atoms with Crippen LogP contribution in [0.3, 0.4) is 0 Å². The number of carbonyl (C=O) groups is 1. The highest BCUT2D eigenvalue weighted by Crippen LogP contribution is 2.10. The zero-order valence-corrected chi connectivity index (χ0v) is 8.78. The largest absolute Gasteiger partial charge is 0.463 e. The molecule has 14 heavy (non-hydrogen) atoms. The zero-order valence-electron chi connectivity index (χ0n) is 8.03. The molecule has 0 fully saturated rings. The third-order valence-electron chi connectivity index (χ3n) is 1.52. The monoisotopic (exact) mass is 214 g/mol. The van der Waals surface area contributed by atoms with Crippen LogP contribution >= 0.6 is 11.6 Å². The summed E-state index contributed by atoms with van der Waals surface area (Å²) in [7, 11) is 1.73. The Hall–Kier alpha value is -1.29. The number of aromatic nitrogens is 2. The fourth-order valence-corrected chi connectivity index (χ4v) is 1.04. The van der Waals surface area contributed by atoms with Crippen molar-refractivity contribution in [1.29, 1.82) is 0 Å². The summed E-state index contributed by atoms with van der Waals surface area (Å²) in [5.74, 6) is -0.380. The molecule has 0 amide bonds. The summed E-state index contributed by atoms with van der Waals surface area (Å²) < 4.78 is 6.23. The molecule has 0 aliphatic rings. The standard InChI is InChI=1S/C9H11ClN2O2/c1-3-14-9(13)5-4-7-6-8(10)12(2)11-7/h4-6H,3H2,1-2H3/b5-4+. The third kappa shape index (κ3) is 2.88. The summed E-state index contributed by atoms with van der Waals surface area (Å²) in [5.41, 5.74) is 0.630. The molecule has 0 bridgehead atoms.